The Morgan fingerprint density at radius 2 is 2.20 bits per heavy atom. The smallest absolute Gasteiger partial charge is 0.243 e. The second-order valence-corrected chi connectivity index (χ2v) is 7.00. The fraction of sp³-hybridized carbons (Fsp3) is 0.385. The van der Waals surface area contributed by atoms with Gasteiger partial charge in [-0.15, -0.1) is 0 Å². The maximum atomic E-state index is 12.5. The number of hydrogen-bond acceptors (Lipinski definition) is 4. The Hall–Kier alpha value is -1.42. The minimum absolute atomic E-state index is 0.0491. The molecule has 1 aliphatic rings. The summed E-state index contributed by atoms with van der Waals surface area (Å²) in [6.07, 6.45) is 2.17. The lowest BCUT2D eigenvalue weighted by Crippen LogP contribution is -2.40. The van der Waals surface area contributed by atoms with Crippen molar-refractivity contribution in [2.75, 3.05) is 13.1 Å². The molecule has 1 aromatic rings. The first-order valence-electron chi connectivity index (χ1n) is 6.14. The number of aldehydes is 1. The van der Waals surface area contributed by atoms with Crippen molar-refractivity contribution in [3.63, 3.8) is 0 Å². The molecule has 0 N–H and O–H groups in total. The van der Waals surface area contributed by atoms with Crippen LogP contribution in [0.2, 0.25) is 5.02 Å². The largest absolute Gasteiger partial charge is 0.303 e. The lowest BCUT2D eigenvalue weighted by molar-refractivity contribution is -0.112. The molecule has 0 aromatic heterocycles. The molecule has 1 aliphatic heterocycles. The van der Waals surface area contributed by atoms with Crippen LogP contribution in [0.1, 0.15) is 18.4 Å². The van der Waals surface area contributed by atoms with E-state index in [4.69, 9.17) is 16.9 Å². The quantitative estimate of drug-likeness (QED) is 0.797. The van der Waals surface area contributed by atoms with Gasteiger partial charge in [0.2, 0.25) is 10.0 Å². The van der Waals surface area contributed by atoms with Gasteiger partial charge in [-0.05, 0) is 31.0 Å². The molecule has 0 amide bonds. The summed E-state index contributed by atoms with van der Waals surface area (Å²) in [5.74, 6) is -0.257. The van der Waals surface area contributed by atoms with Crippen LogP contribution in [0.25, 0.3) is 0 Å². The number of nitriles is 1. The molecule has 1 aromatic carbocycles. The minimum atomic E-state index is -3.67. The van der Waals surface area contributed by atoms with E-state index in [1.807, 2.05) is 6.07 Å². The van der Waals surface area contributed by atoms with E-state index in [1.54, 1.807) is 0 Å². The lowest BCUT2D eigenvalue weighted by atomic mass is 10.0. The van der Waals surface area contributed by atoms with Gasteiger partial charge in [0.1, 0.15) is 12.4 Å². The second kappa shape index (κ2) is 5.92. The molecule has 1 fully saturated rings. The van der Waals surface area contributed by atoms with Gasteiger partial charge in [0.15, 0.2) is 0 Å². The van der Waals surface area contributed by atoms with Gasteiger partial charge in [0.25, 0.3) is 0 Å². The SMILES string of the molecule is N#Cc1ccc(S(=O)(=O)N2CCCC(C=O)C2)cc1Cl. The van der Waals surface area contributed by atoms with Crippen molar-refractivity contribution < 1.29 is 13.2 Å². The zero-order chi connectivity index (χ0) is 14.8. The molecular weight excluding hydrogens is 300 g/mol. The summed E-state index contributed by atoms with van der Waals surface area (Å²) in [5.41, 5.74) is 0.232. The summed E-state index contributed by atoms with van der Waals surface area (Å²) in [6.45, 7) is 0.591. The molecule has 0 bridgehead atoms. The van der Waals surface area contributed by atoms with Crippen molar-refractivity contribution in [3.05, 3.63) is 28.8 Å². The van der Waals surface area contributed by atoms with Crippen LogP contribution in [0.15, 0.2) is 23.1 Å². The molecule has 0 radical (unpaired) electrons. The molecule has 1 saturated heterocycles. The van der Waals surface area contributed by atoms with Gasteiger partial charge in [-0.25, -0.2) is 8.42 Å². The van der Waals surface area contributed by atoms with E-state index in [2.05, 4.69) is 0 Å². The van der Waals surface area contributed by atoms with Crippen molar-refractivity contribution in [1.82, 2.24) is 4.31 Å². The molecule has 1 unspecified atom stereocenters. The maximum absolute atomic E-state index is 12.5. The average molecular weight is 313 g/mol. The monoisotopic (exact) mass is 312 g/mol. The van der Waals surface area contributed by atoms with E-state index < -0.39 is 10.0 Å². The lowest BCUT2D eigenvalue weighted by Gasteiger charge is -2.29. The zero-order valence-electron chi connectivity index (χ0n) is 10.6. The van der Waals surface area contributed by atoms with E-state index in [-0.39, 0.29) is 27.9 Å². The average Bonchev–Trinajstić information content (AvgIpc) is 2.47. The van der Waals surface area contributed by atoms with Crippen LogP contribution < -0.4 is 0 Å². The first-order valence-corrected chi connectivity index (χ1v) is 7.96. The van der Waals surface area contributed by atoms with Crippen molar-refractivity contribution in [3.8, 4) is 6.07 Å². The molecule has 0 aliphatic carbocycles. The van der Waals surface area contributed by atoms with Gasteiger partial charge in [-0.1, -0.05) is 11.6 Å². The Bertz CT molecular complexity index is 667. The summed E-state index contributed by atoms with van der Waals surface area (Å²) >= 11 is 5.87. The van der Waals surface area contributed by atoms with Gasteiger partial charge in [-0.3, -0.25) is 0 Å². The number of rotatable bonds is 3. The predicted octanol–water partition coefficient (Wildman–Crippen LogP) is 1.81. The van der Waals surface area contributed by atoms with Crippen LogP contribution in [0.4, 0.5) is 0 Å². The highest BCUT2D eigenvalue weighted by Gasteiger charge is 2.30. The summed E-state index contributed by atoms with van der Waals surface area (Å²) in [7, 11) is -3.67. The fourth-order valence-electron chi connectivity index (χ4n) is 2.20. The number of halogens is 1. The van der Waals surface area contributed by atoms with Crippen LogP contribution in [-0.4, -0.2) is 32.1 Å². The fourth-order valence-corrected chi connectivity index (χ4v) is 4.05. The van der Waals surface area contributed by atoms with Crippen molar-refractivity contribution in [2.24, 2.45) is 5.92 Å². The topological polar surface area (TPSA) is 78.2 Å². The van der Waals surface area contributed by atoms with E-state index in [1.165, 1.54) is 22.5 Å². The normalized spacial score (nSPS) is 20.3. The third-order valence-electron chi connectivity index (χ3n) is 3.31. The van der Waals surface area contributed by atoms with Gasteiger partial charge < -0.3 is 4.79 Å². The minimum Gasteiger partial charge on any atom is -0.303 e. The summed E-state index contributed by atoms with van der Waals surface area (Å²) in [5, 5.41) is 8.90. The summed E-state index contributed by atoms with van der Waals surface area (Å²) in [6, 6.07) is 5.91. The Kier molecular flexibility index (Phi) is 4.43. The number of carbonyl (C=O) groups is 1. The molecule has 2 rings (SSSR count). The van der Waals surface area contributed by atoms with Crippen LogP contribution in [0.5, 0.6) is 0 Å². The molecule has 20 heavy (non-hydrogen) atoms. The number of sulfonamides is 1. The Labute approximate surface area is 122 Å². The number of carbonyl (C=O) groups excluding carboxylic acids is 1. The molecule has 1 heterocycles. The van der Waals surface area contributed by atoms with Crippen LogP contribution in [0, 0.1) is 17.2 Å². The molecule has 106 valence electrons. The Morgan fingerprint density at radius 1 is 1.45 bits per heavy atom. The number of nitrogens with zero attached hydrogens (tertiary/aromatic N) is 2. The highest BCUT2D eigenvalue weighted by Crippen LogP contribution is 2.26. The molecule has 5 nitrogen and oxygen atoms in total. The van der Waals surface area contributed by atoms with E-state index in [0.29, 0.717) is 19.4 Å². The van der Waals surface area contributed by atoms with Crippen molar-refractivity contribution in [2.45, 2.75) is 17.7 Å². The molecule has 0 spiro atoms. The highest BCUT2D eigenvalue weighted by atomic mass is 35.5. The van der Waals surface area contributed by atoms with Gasteiger partial charge in [-0.2, -0.15) is 9.57 Å². The van der Waals surface area contributed by atoms with Crippen LogP contribution in [0.3, 0.4) is 0 Å². The third kappa shape index (κ3) is 2.85. The number of piperidine rings is 1. The van der Waals surface area contributed by atoms with E-state index >= 15 is 0 Å². The van der Waals surface area contributed by atoms with E-state index in [0.717, 1.165) is 6.29 Å². The van der Waals surface area contributed by atoms with Gasteiger partial charge in [0.05, 0.1) is 15.5 Å². The standard InChI is InChI=1S/C13H13ClN2O3S/c14-13-6-12(4-3-11(13)7-15)20(18,19)16-5-1-2-10(8-16)9-17/h3-4,6,9-10H,1-2,5,8H2. The molecule has 0 saturated carbocycles. The highest BCUT2D eigenvalue weighted by molar-refractivity contribution is 7.89. The summed E-state index contributed by atoms with van der Waals surface area (Å²) < 4.78 is 26.2. The number of hydrogen-bond donors (Lipinski definition) is 0. The zero-order valence-corrected chi connectivity index (χ0v) is 12.2. The Balaban J connectivity index is 2.33. The van der Waals surface area contributed by atoms with E-state index in [9.17, 15) is 13.2 Å². The third-order valence-corrected chi connectivity index (χ3v) is 5.49. The second-order valence-electron chi connectivity index (χ2n) is 4.65. The van der Waals surface area contributed by atoms with Crippen LogP contribution >= 0.6 is 11.6 Å². The molecule has 7 heteroatoms. The summed E-state index contributed by atoms with van der Waals surface area (Å²) in [4.78, 5) is 10.9. The number of benzene rings is 1. The first-order chi connectivity index (χ1) is 9.48. The molecule has 1 atom stereocenters. The van der Waals surface area contributed by atoms with Gasteiger partial charge >= 0.3 is 0 Å². The Morgan fingerprint density at radius 3 is 2.80 bits per heavy atom. The van der Waals surface area contributed by atoms with Crippen molar-refractivity contribution in [1.29, 1.82) is 5.26 Å². The molecular formula is C13H13ClN2O3S. The predicted molar refractivity (Wildman–Crippen MR) is 73.7 cm³/mol. The van der Waals surface area contributed by atoms with Gasteiger partial charge in [0, 0.05) is 19.0 Å². The first kappa shape index (κ1) is 15.0. The van der Waals surface area contributed by atoms with Crippen molar-refractivity contribution >= 4 is 27.9 Å². The maximum Gasteiger partial charge on any atom is 0.243 e. The van der Waals surface area contributed by atoms with Crippen LogP contribution in [-0.2, 0) is 14.8 Å².